The summed E-state index contributed by atoms with van der Waals surface area (Å²) in [5, 5.41) is 7.27. The number of benzene rings is 6. The number of nitrogens with zero attached hydrogens (tertiary/aromatic N) is 1. The minimum atomic E-state index is 1.01. The molecule has 0 bridgehead atoms. The monoisotopic (exact) mass is 455 g/mol. The second-order valence-electron chi connectivity index (χ2n) is 9.08. The summed E-state index contributed by atoms with van der Waals surface area (Å²) in [6.07, 6.45) is 0. The van der Waals surface area contributed by atoms with E-state index in [0.29, 0.717) is 0 Å². The summed E-state index contributed by atoms with van der Waals surface area (Å²) in [6, 6.07) is 44.6. The molecule has 36 heavy (non-hydrogen) atoms. The summed E-state index contributed by atoms with van der Waals surface area (Å²) in [6.45, 7) is 0. The lowest BCUT2D eigenvalue weighted by Crippen LogP contribution is -1.89. The largest absolute Gasteiger partial charge is 0.247 e. The van der Waals surface area contributed by atoms with Crippen LogP contribution in [0.2, 0.25) is 0 Å². The molecule has 7 rings (SSSR count). The van der Waals surface area contributed by atoms with Crippen LogP contribution in [0.1, 0.15) is 11.1 Å². The number of aromatic nitrogens is 1. The molecule has 1 aromatic heterocycles. The van der Waals surface area contributed by atoms with Crippen LogP contribution in [-0.4, -0.2) is 4.98 Å². The fraction of sp³-hybridized carbons (Fsp3) is 0. The molecule has 0 aliphatic carbocycles. The third-order valence-electron chi connectivity index (χ3n) is 6.85. The summed E-state index contributed by atoms with van der Waals surface area (Å²) in [5.74, 6) is 6.51. The predicted molar refractivity (Wildman–Crippen MR) is 152 cm³/mol. The van der Waals surface area contributed by atoms with Crippen LogP contribution in [0.15, 0.2) is 127 Å². The van der Waals surface area contributed by atoms with Crippen molar-refractivity contribution in [1.82, 2.24) is 4.98 Å². The minimum absolute atomic E-state index is 1.01. The van der Waals surface area contributed by atoms with Crippen molar-refractivity contribution in [2.24, 2.45) is 0 Å². The molecule has 0 amide bonds. The summed E-state index contributed by atoms with van der Waals surface area (Å²) >= 11 is 0. The maximum absolute atomic E-state index is 5.14. The van der Waals surface area contributed by atoms with Gasteiger partial charge in [-0.1, -0.05) is 96.8 Å². The van der Waals surface area contributed by atoms with Crippen molar-refractivity contribution >= 4 is 43.4 Å². The normalized spacial score (nSPS) is 11.1. The van der Waals surface area contributed by atoms with Gasteiger partial charge in [-0.05, 0) is 69.8 Å². The first-order valence-corrected chi connectivity index (χ1v) is 12.1. The van der Waals surface area contributed by atoms with Crippen molar-refractivity contribution in [3.8, 4) is 23.0 Å². The van der Waals surface area contributed by atoms with Gasteiger partial charge < -0.3 is 0 Å². The molecule has 166 valence electrons. The van der Waals surface area contributed by atoms with Crippen LogP contribution in [-0.2, 0) is 0 Å². The van der Waals surface area contributed by atoms with Crippen molar-refractivity contribution in [1.29, 1.82) is 0 Å². The number of fused-ring (bicyclic) bond motifs is 7. The zero-order chi connectivity index (χ0) is 23.9. The number of para-hydroxylation sites is 1. The first-order chi connectivity index (χ1) is 17.8. The lowest BCUT2D eigenvalue weighted by molar-refractivity contribution is 1.52. The van der Waals surface area contributed by atoms with E-state index in [2.05, 4.69) is 109 Å². The summed E-state index contributed by atoms with van der Waals surface area (Å²) in [7, 11) is 0. The highest BCUT2D eigenvalue weighted by molar-refractivity contribution is 6.25. The highest BCUT2D eigenvalue weighted by atomic mass is 14.7. The van der Waals surface area contributed by atoms with Gasteiger partial charge in [-0.2, -0.15) is 0 Å². The van der Waals surface area contributed by atoms with Crippen molar-refractivity contribution < 1.29 is 0 Å². The van der Waals surface area contributed by atoms with E-state index >= 15 is 0 Å². The Hall–Kier alpha value is -4.93. The van der Waals surface area contributed by atoms with E-state index in [1.165, 1.54) is 38.1 Å². The van der Waals surface area contributed by atoms with Crippen molar-refractivity contribution in [3.63, 3.8) is 0 Å². The van der Waals surface area contributed by atoms with Gasteiger partial charge in [-0.25, -0.2) is 4.98 Å². The molecule has 1 heterocycles. The number of hydrogen-bond acceptors (Lipinski definition) is 1. The van der Waals surface area contributed by atoms with Crippen LogP contribution in [0.25, 0.3) is 54.5 Å². The molecule has 1 nitrogen and oxygen atoms in total. The van der Waals surface area contributed by atoms with Gasteiger partial charge in [0.1, 0.15) is 0 Å². The Bertz CT molecular complexity index is 1970. The molecule has 0 fully saturated rings. The standard InChI is InChI=1S/C35H21N/c1-2-8-24(9-3-1)14-15-25-16-18-26(19-17-25)27-20-21-31-29-11-5-6-12-30(29)33-23-28-10-4-7-13-34(28)36-35(33)32(31)22-27/h1-13,16-23H. The average molecular weight is 456 g/mol. The van der Waals surface area contributed by atoms with E-state index in [-0.39, 0.29) is 0 Å². The molecule has 0 unspecified atom stereocenters. The zero-order valence-corrected chi connectivity index (χ0v) is 19.6. The van der Waals surface area contributed by atoms with Crippen LogP contribution >= 0.6 is 0 Å². The Morgan fingerprint density at radius 2 is 1.00 bits per heavy atom. The third kappa shape index (κ3) is 3.49. The quantitative estimate of drug-likeness (QED) is 0.137. The van der Waals surface area contributed by atoms with Gasteiger partial charge in [0, 0.05) is 27.3 Å². The van der Waals surface area contributed by atoms with Crippen molar-refractivity contribution in [3.05, 3.63) is 139 Å². The molecule has 0 N–H and O–H groups in total. The molecule has 0 saturated heterocycles. The molecule has 0 radical (unpaired) electrons. The minimum Gasteiger partial charge on any atom is -0.247 e. The maximum atomic E-state index is 5.14. The summed E-state index contributed by atoms with van der Waals surface area (Å²) in [5.41, 5.74) is 6.45. The van der Waals surface area contributed by atoms with Gasteiger partial charge in [-0.3, -0.25) is 0 Å². The number of pyridine rings is 1. The molecule has 0 saturated carbocycles. The highest BCUT2D eigenvalue weighted by Crippen LogP contribution is 2.37. The Kier molecular flexibility index (Phi) is 4.76. The lowest BCUT2D eigenvalue weighted by atomic mass is 9.93. The van der Waals surface area contributed by atoms with E-state index in [1.807, 2.05) is 30.3 Å². The molecule has 7 aromatic rings. The summed E-state index contributed by atoms with van der Waals surface area (Å²) in [4.78, 5) is 5.14. The average Bonchev–Trinajstić information content (AvgIpc) is 2.96. The van der Waals surface area contributed by atoms with Crippen LogP contribution in [0.4, 0.5) is 0 Å². The van der Waals surface area contributed by atoms with Crippen LogP contribution in [0.3, 0.4) is 0 Å². The molecule has 6 aromatic carbocycles. The SMILES string of the molecule is C(#Cc1ccc(-c2ccc3c4ccccc4c4cc5ccccc5nc4c3c2)cc1)c1ccccc1. The van der Waals surface area contributed by atoms with Crippen molar-refractivity contribution in [2.45, 2.75) is 0 Å². The van der Waals surface area contributed by atoms with Gasteiger partial charge in [0.2, 0.25) is 0 Å². The van der Waals surface area contributed by atoms with E-state index in [9.17, 15) is 0 Å². The van der Waals surface area contributed by atoms with Gasteiger partial charge in [-0.15, -0.1) is 0 Å². The lowest BCUT2D eigenvalue weighted by Gasteiger charge is -2.12. The maximum Gasteiger partial charge on any atom is 0.0794 e. The fourth-order valence-corrected chi connectivity index (χ4v) is 5.05. The zero-order valence-electron chi connectivity index (χ0n) is 19.6. The van der Waals surface area contributed by atoms with E-state index in [0.717, 1.165) is 27.5 Å². The highest BCUT2D eigenvalue weighted by Gasteiger charge is 2.12. The van der Waals surface area contributed by atoms with Crippen LogP contribution < -0.4 is 0 Å². The molecule has 1 heteroatoms. The second-order valence-corrected chi connectivity index (χ2v) is 9.08. The van der Waals surface area contributed by atoms with Gasteiger partial charge >= 0.3 is 0 Å². The summed E-state index contributed by atoms with van der Waals surface area (Å²) < 4.78 is 0. The van der Waals surface area contributed by atoms with Gasteiger partial charge in [0.25, 0.3) is 0 Å². The van der Waals surface area contributed by atoms with E-state index < -0.39 is 0 Å². The van der Waals surface area contributed by atoms with Gasteiger partial charge in [0.15, 0.2) is 0 Å². The van der Waals surface area contributed by atoms with Gasteiger partial charge in [0.05, 0.1) is 11.0 Å². The fourth-order valence-electron chi connectivity index (χ4n) is 5.05. The third-order valence-corrected chi connectivity index (χ3v) is 6.85. The molecule has 0 atom stereocenters. The smallest absolute Gasteiger partial charge is 0.0794 e. The van der Waals surface area contributed by atoms with Crippen LogP contribution in [0.5, 0.6) is 0 Å². The number of rotatable bonds is 1. The second kappa shape index (κ2) is 8.38. The van der Waals surface area contributed by atoms with E-state index in [4.69, 9.17) is 4.98 Å². The topological polar surface area (TPSA) is 12.9 Å². The first kappa shape index (κ1) is 20.4. The van der Waals surface area contributed by atoms with Crippen molar-refractivity contribution in [2.75, 3.05) is 0 Å². The predicted octanol–water partition coefficient (Wildman–Crippen LogP) is 8.76. The first-order valence-electron chi connectivity index (χ1n) is 12.1. The Morgan fingerprint density at radius 3 is 1.81 bits per heavy atom. The Morgan fingerprint density at radius 1 is 0.417 bits per heavy atom. The molecule has 0 spiro atoms. The Balaban J connectivity index is 1.39. The molecular formula is C35H21N. The Labute approximate surface area is 209 Å². The van der Waals surface area contributed by atoms with Crippen LogP contribution in [0, 0.1) is 11.8 Å². The van der Waals surface area contributed by atoms with E-state index in [1.54, 1.807) is 0 Å². The number of hydrogen-bond donors (Lipinski definition) is 0. The molecule has 0 aliphatic heterocycles. The molecule has 0 aliphatic rings. The molecular weight excluding hydrogens is 434 g/mol.